The minimum absolute atomic E-state index is 0.0546. The van der Waals surface area contributed by atoms with Gasteiger partial charge >= 0.3 is 0 Å². The first-order valence-electron chi connectivity index (χ1n) is 8.72. The minimum Gasteiger partial charge on any atom is -0.497 e. The van der Waals surface area contributed by atoms with Gasteiger partial charge in [0.15, 0.2) is 0 Å². The molecule has 0 radical (unpaired) electrons. The maximum atomic E-state index is 12.7. The smallest absolute Gasteiger partial charge is 0.251 e. The van der Waals surface area contributed by atoms with Crippen molar-refractivity contribution in [2.24, 2.45) is 0 Å². The average Bonchev–Trinajstić information content (AvgIpc) is 3.21. The first-order chi connectivity index (χ1) is 12.9. The molecule has 2 aromatic carbocycles. The number of nitrogens with one attached hydrogen (secondary N) is 1. The van der Waals surface area contributed by atoms with E-state index in [2.05, 4.69) is 5.32 Å². The number of anilines is 1. The lowest BCUT2D eigenvalue weighted by Crippen LogP contribution is -2.28. The van der Waals surface area contributed by atoms with Crippen LogP contribution in [0.5, 0.6) is 5.75 Å². The molecule has 0 unspecified atom stereocenters. The van der Waals surface area contributed by atoms with Crippen LogP contribution >= 0.6 is 0 Å². The summed E-state index contributed by atoms with van der Waals surface area (Å²) in [7, 11) is -2.04. The second kappa shape index (κ2) is 7.98. The van der Waals surface area contributed by atoms with Gasteiger partial charge in [-0.15, -0.1) is 0 Å². The Labute approximate surface area is 159 Å². The third kappa shape index (κ3) is 4.40. The lowest BCUT2D eigenvalue weighted by atomic mass is 10.1. The lowest BCUT2D eigenvalue weighted by Gasteiger charge is -2.16. The van der Waals surface area contributed by atoms with Crippen molar-refractivity contribution in [3.05, 3.63) is 53.6 Å². The predicted octanol–water partition coefficient (Wildman–Crippen LogP) is 1.99. The number of hydrogen-bond donors (Lipinski definition) is 2. The summed E-state index contributed by atoms with van der Waals surface area (Å²) in [4.78, 5) is 12.5. The van der Waals surface area contributed by atoms with Gasteiger partial charge in [0.1, 0.15) is 5.75 Å². The van der Waals surface area contributed by atoms with Crippen LogP contribution in [0.15, 0.2) is 47.4 Å². The molecule has 0 aromatic heterocycles. The van der Waals surface area contributed by atoms with E-state index in [9.17, 15) is 13.2 Å². The molecule has 0 atom stereocenters. The first-order valence-corrected chi connectivity index (χ1v) is 10.2. The molecule has 1 fully saturated rings. The summed E-state index contributed by atoms with van der Waals surface area (Å²) in [6.45, 7) is 1.30. The summed E-state index contributed by atoms with van der Waals surface area (Å²) < 4.78 is 32.0. The van der Waals surface area contributed by atoms with Crippen LogP contribution in [0.4, 0.5) is 5.69 Å². The largest absolute Gasteiger partial charge is 0.497 e. The number of nitrogens with zero attached hydrogens (tertiary/aromatic N) is 1. The van der Waals surface area contributed by atoms with Crippen LogP contribution in [0, 0.1) is 0 Å². The Morgan fingerprint density at radius 2 is 1.81 bits per heavy atom. The molecule has 27 heavy (non-hydrogen) atoms. The van der Waals surface area contributed by atoms with Gasteiger partial charge in [-0.3, -0.25) is 4.79 Å². The van der Waals surface area contributed by atoms with Gasteiger partial charge in [0.05, 0.1) is 12.0 Å². The predicted molar refractivity (Wildman–Crippen MR) is 103 cm³/mol. The Hall–Kier alpha value is -2.58. The number of rotatable bonds is 6. The highest BCUT2D eigenvalue weighted by atomic mass is 32.2. The van der Waals surface area contributed by atoms with Crippen LogP contribution in [-0.4, -0.2) is 38.8 Å². The molecule has 2 aromatic rings. The summed E-state index contributed by atoms with van der Waals surface area (Å²) in [5, 5.41) is 2.78. The first kappa shape index (κ1) is 19.2. The minimum atomic E-state index is -3.63. The van der Waals surface area contributed by atoms with Crippen molar-refractivity contribution in [2.75, 3.05) is 25.9 Å². The maximum absolute atomic E-state index is 12.7. The Morgan fingerprint density at radius 3 is 2.44 bits per heavy atom. The standard InChI is InChI=1S/C19H23N3O4S/c1-26-17-6-4-14(5-7-17)13-21-19(23)15-10-16(20)12-18(11-15)27(24,25)22-8-2-3-9-22/h4-7,10-12H,2-3,8-9,13,20H2,1H3,(H,21,23). The molecule has 1 heterocycles. The molecule has 3 N–H and O–H groups in total. The summed E-state index contributed by atoms with van der Waals surface area (Å²) in [6, 6.07) is 11.6. The number of carbonyl (C=O) groups excluding carboxylic acids is 1. The number of nitrogens with two attached hydrogens (primary N) is 1. The fourth-order valence-corrected chi connectivity index (χ4v) is 4.61. The van der Waals surface area contributed by atoms with Crippen LogP contribution in [0.25, 0.3) is 0 Å². The van der Waals surface area contributed by atoms with Crippen molar-refractivity contribution in [3.63, 3.8) is 0 Å². The van der Waals surface area contributed by atoms with Gasteiger partial charge in [-0.25, -0.2) is 8.42 Å². The molecule has 144 valence electrons. The molecule has 0 bridgehead atoms. The number of ether oxygens (including phenoxy) is 1. The zero-order valence-electron chi connectivity index (χ0n) is 15.1. The van der Waals surface area contributed by atoms with Crippen molar-refractivity contribution >= 4 is 21.6 Å². The van der Waals surface area contributed by atoms with Gasteiger partial charge in [0.2, 0.25) is 10.0 Å². The van der Waals surface area contributed by atoms with E-state index in [0.717, 1.165) is 24.2 Å². The van der Waals surface area contributed by atoms with Crippen LogP contribution in [0.2, 0.25) is 0 Å². The third-order valence-electron chi connectivity index (χ3n) is 4.51. The van der Waals surface area contributed by atoms with Crippen LogP contribution in [0.3, 0.4) is 0 Å². The molecule has 0 spiro atoms. The summed E-state index contributed by atoms with van der Waals surface area (Å²) in [5.74, 6) is 0.355. The Bertz CT molecular complexity index is 920. The van der Waals surface area contributed by atoms with E-state index in [4.69, 9.17) is 10.5 Å². The Morgan fingerprint density at radius 1 is 1.15 bits per heavy atom. The number of carbonyl (C=O) groups is 1. The topological polar surface area (TPSA) is 102 Å². The van der Waals surface area contributed by atoms with Crippen molar-refractivity contribution in [2.45, 2.75) is 24.3 Å². The van der Waals surface area contributed by atoms with Crippen LogP contribution < -0.4 is 15.8 Å². The molecule has 8 heteroatoms. The van der Waals surface area contributed by atoms with Crippen LogP contribution in [-0.2, 0) is 16.6 Å². The van der Waals surface area contributed by atoms with E-state index >= 15 is 0 Å². The number of sulfonamides is 1. The highest BCUT2D eigenvalue weighted by molar-refractivity contribution is 7.89. The van der Waals surface area contributed by atoms with E-state index in [-0.39, 0.29) is 22.1 Å². The third-order valence-corrected chi connectivity index (χ3v) is 6.38. The SMILES string of the molecule is COc1ccc(CNC(=O)c2cc(N)cc(S(=O)(=O)N3CCCC3)c2)cc1. The van der Waals surface area contributed by atoms with E-state index < -0.39 is 10.0 Å². The number of hydrogen-bond acceptors (Lipinski definition) is 5. The molecule has 1 amide bonds. The molecular weight excluding hydrogens is 366 g/mol. The van der Waals surface area contributed by atoms with Crippen LogP contribution in [0.1, 0.15) is 28.8 Å². The average molecular weight is 389 g/mol. The molecular formula is C19H23N3O4S. The second-order valence-electron chi connectivity index (χ2n) is 6.43. The van der Waals surface area contributed by atoms with Gasteiger partial charge in [-0.2, -0.15) is 4.31 Å². The zero-order chi connectivity index (χ0) is 19.4. The molecule has 1 aliphatic rings. The molecule has 1 aliphatic heterocycles. The highest BCUT2D eigenvalue weighted by Gasteiger charge is 2.28. The van der Waals surface area contributed by atoms with Gasteiger partial charge < -0.3 is 15.8 Å². The normalized spacial score (nSPS) is 14.9. The van der Waals surface area contributed by atoms with E-state index in [1.165, 1.54) is 22.5 Å². The number of methoxy groups -OCH3 is 1. The molecule has 0 aliphatic carbocycles. The van der Waals surface area contributed by atoms with Gasteiger partial charge in [-0.1, -0.05) is 12.1 Å². The van der Waals surface area contributed by atoms with Crippen molar-refractivity contribution in [1.82, 2.24) is 9.62 Å². The number of nitrogen functional groups attached to an aromatic ring is 1. The monoisotopic (exact) mass is 389 g/mol. The summed E-state index contributed by atoms with van der Waals surface area (Å²) >= 11 is 0. The van der Waals surface area contributed by atoms with Crippen molar-refractivity contribution in [1.29, 1.82) is 0 Å². The number of amides is 1. The van der Waals surface area contributed by atoms with E-state index in [1.807, 2.05) is 24.3 Å². The highest BCUT2D eigenvalue weighted by Crippen LogP contribution is 2.24. The van der Waals surface area contributed by atoms with Gasteiger partial charge in [-0.05, 0) is 48.7 Å². The van der Waals surface area contributed by atoms with Gasteiger partial charge in [0, 0.05) is 30.9 Å². The van der Waals surface area contributed by atoms with Crippen molar-refractivity contribution in [3.8, 4) is 5.75 Å². The van der Waals surface area contributed by atoms with E-state index in [1.54, 1.807) is 7.11 Å². The molecule has 7 nitrogen and oxygen atoms in total. The maximum Gasteiger partial charge on any atom is 0.251 e. The Balaban J connectivity index is 1.75. The fourth-order valence-electron chi connectivity index (χ4n) is 3.01. The molecule has 3 rings (SSSR count). The quantitative estimate of drug-likeness (QED) is 0.736. The van der Waals surface area contributed by atoms with E-state index in [0.29, 0.717) is 19.6 Å². The fraction of sp³-hybridized carbons (Fsp3) is 0.316. The second-order valence-corrected chi connectivity index (χ2v) is 8.37. The summed E-state index contributed by atoms with van der Waals surface area (Å²) in [6.07, 6.45) is 1.69. The van der Waals surface area contributed by atoms with Crippen molar-refractivity contribution < 1.29 is 17.9 Å². The van der Waals surface area contributed by atoms with Gasteiger partial charge in [0.25, 0.3) is 5.91 Å². The zero-order valence-corrected chi connectivity index (χ0v) is 16.0. The molecule has 0 saturated carbocycles. The number of benzene rings is 2. The molecule has 1 saturated heterocycles. The Kier molecular flexibility index (Phi) is 5.67. The summed E-state index contributed by atoms with van der Waals surface area (Å²) in [5.41, 5.74) is 7.22. The lowest BCUT2D eigenvalue weighted by molar-refractivity contribution is 0.0950.